The summed E-state index contributed by atoms with van der Waals surface area (Å²) in [5.41, 5.74) is 9.77. The molecule has 1 aromatic carbocycles. The highest BCUT2D eigenvalue weighted by Gasteiger charge is 2.08. The SMILES string of the molecule is COCCCOCCOCC(N)c1ccc(C)cc1C. The Labute approximate surface area is 122 Å². The minimum atomic E-state index is -0.0795. The highest BCUT2D eigenvalue weighted by Crippen LogP contribution is 2.17. The lowest BCUT2D eigenvalue weighted by molar-refractivity contribution is 0.0355. The van der Waals surface area contributed by atoms with E-state index >= 15 is 0 Å². The number of hydrogen-bond donors (Lipinski definition) is 1. The number of ether oxygens (including phenoxy) is 3. The number of hydrogen-bond acceptors (Lipinski definition) is 4. The maximum Gasteiger partial charge on any atom is 0.0701 e. The number of aryl methyl sites for hydroxylation is 2. The predicted octanol–water partition coefficient (Wildman–Crippen LogP) is 2.37. The fourth-order valence-electron chi connectivity index (χ4n) is 2.07. The van der Waals surface area contributed by atoms with Crippen LogP contribution in [0.5, 0.6) is 0 Å². The Kier molecular flexibility index (Phi) is 8.46. The molecule has 114 valence electrons. The van der Waals surface area contributed by atoms with Gasteiger partial charge in [0.15, 0.2) is 0 Å². The van der Waals surface area contributed by atoms with Crippen molar-refractivity contribution in [1.29, 1.82) is 0 Å². The summed E-state index contributed by atoms with van der Waals surface area (Å²) in [4.78, 5) is 0. The van der Waals surface area contributed by atoms with Gasteiger partial charge < -0.3 is 19.9 Å². The molecule has 0 aliphatic carbocycles. The molecule has 0 fully saturated rings. The molecule has 0 aliphatic rings. The van der Waals surface area contributed by atoms with E-state index in [1.165, 1.54) is 11.1 Å². The molecule has 2 N–H and O–H groups in total. The molecule has 0 saturated carbocycles. The molecule has 0 radical (unpaired) electrons. The van der Waals surface area contributed by atoms with Gasteiger partial charge in [0.1, 0.15) is 0 Å². The van der Waals surface area contributed by atoms with Gasteiger partial charge in [0.05, 0.1) is 25.9 Å². The van der Waals surface area contributed by atoms with E-state index in [0.717, 1.165) is 18.6 Å². The van der Waals surface area contributed by atoms with Gasteiger partial charge in [-0.1, -0.05) is 23.8 Å². The molecule has 1 atom stereocenters. The zero-order valence-electron chi connectivity index (χ0n) is 12.9. The first-order chi connectivity index (χ1) is 9.65. The van der Waals surface area contributed by atoms with Crippen molar-refractivity contribution < 1.29 is 14.2 Å². The molecule has 4 heteroatoms. The van der Waals surface area contributed by atoms with Gasteiger partial charge in [-0.2, -0.15) is 0 Å². The van der Waals surface area contributed by atoms with Crippen molar-refractivity contribution in [2.24, 2.45) is 5.73 Å². The zero-order valence-corrected chi connectivity index (χ0v) is 12.9. The Balaban J connectivity index is 2.15. The van der Waals surface area contributed by atoms with Crippen molar-refractivity contribution >= 4 is 0 Å². The fourth-order valence-corrected chi connectivity index (χ4v) is 2.07. The molecule has 0 saturated heterocycles. The topological polar surface area (TPSA) is 53.7 Å². The number of nitrogens with two attached hydrogens (primary N) is 1. The van der Waals surface area contributed by atoms with E-state index in [-0.39, 0.29) is 6.04 Å². The predicted molar refractivity (Wildman–Crippen MR) is 81.0 cm³/mol. The first-order valence-corrected chi connectivity index (χ1v) is 7.12. The number of rotatable bonds is 10. The zero-order chi connectivity index (χ0) is 14.8. The van der Waals surface area contributed by atoms with E-state index in [9.17, 15) is 0 Å². The first-order valence-electron chi connectivity index (χ1n) is 7.12. The van der Waals surface area contributed by atoms with Crippen LogP contribution in [0.3, 0.4) is 0 Å². The number of methoxy groups -OCH3 is 1. The fraction of sp³-hybridized carbons (Fsp3) is 0.625. The van der Waals surface area contributed by atoms with E-state index in [4.69, 9.17) is 19.9 Å². The maximum absolute atomic E-state index is 6.14. The smallest absolute Gasteiger partial charge is 0.0701 e. The Morgan fingerprint density at radius 1 is 1.05 bits per heavy atom. The molecule has 1 unspecified atom stereocenters. The monoisotopic (exact) mass is 281 g/mol. The minimum Gasteiger partial charge on any atom is -0.385 e. The summed E-state index contributed by atoms with van der Waals surface area (Å²) in [5, 5.41) is 0. The Morgan fingerprint density at radius 2 is 1.80 bits per heavy atom. The summed E-state index contributed by atoms with van der Waals surface area (Å²) in [6.07, 6.45) is 0.915. The highest BCUT2D eigenvalue weighted by atomic mass is 16.5. The average molecular weight is 281 g/mol. The second-order valence-corrected chi connectivity index (χ2v) is 5.00. The molecule has 0 bridgehead atoms. The van der Waals surface area contributed by atoms with Crippen LogP contribution in [-0.2, 0) is 14.2 Å². The van der Waals surface area contributed by atoms with Gasteiger partial charge in [0, 0.05) is 20.3 Å². The molecular formula is C16H27NO3. The first kappa shape index (κ1) is 17.1. The Bertz CT molecular complexity index is 382. The molecule has 1 aromatic rings. The maximum atomic E-state index is 6.14. The van der Waals surface area contributed by atoms with E-state index in [1.807, 2.05) is 0 Å². The summed E-state index contributed by atoms with van der Waals surface area (Å²) >= 11 is 0. The van der Waals surface area contributed by atoms with Crippen LogP contribution in [0.15, 0.2) is 18.2 Å². The lowest BCUT2D eigenvalue weighted by Crippen LogP contribution is -2.19. The van der Waals surface area contributed by atoms with E-state index < -0.39 is 0 Å². The van der Waals surface area contributed by atoms with Crippen LogP contribution >= 0.6 is 0 Å². The van der Waals surface area contributed by atoms with Crippen molar-refractivity contribution in [3.8, 4) is 0 Å². The van der Waals surface area contributed by atoms with Crippen LogP contribution in [-0.4, -0.2) is 40.1 Å². The van der Waals surface area contributed by atoms with Crippen molar-refractivity contribution in [3.05, 3.63) is 34.9 Å². The van der Waals surface area contributed by atoms with Crippen LogP contribution in [0.1, 0.15) is 29.2 Å². The summed E-state index contributed by atoms with van der Waals surface area (Å²) in [5.74, 6) is 0. The summed E-state index contributed by atoms with van der Waals surface area (Å²) in [7, 11) is 1.69. The molecule has 20 heavy (non-hydrogen) atoms. The molecule has 0 amide bonds. The number of benzene rings is 1. The largest absolute Gasteiger partial charge is 0.385 e. The average Bonchev–Trinajstić information content (AvgIpc) is 2.41. The van der Waals surface area contributed by atoms with Crippen molar-refractivity contribution in [3.63, 3.8) is 0 Å². The summed E-state index contributed by atoms with van der Waals surface area (Å²) in [6, 6.07) is 6.24. The van der Waals surface area contributed by atoms with Gasteiger partial charge in [-0.3, -0.25) is 0 Å². The molecule has 0 aromatic heterocycles. The quantitative estimate of drug-likeness (QED) is 0.669. The van der Waals surface area contributed by atoms with Gasteiger partial charge >= 0.3 is 0 Å². The van der Waals surface area contributed by atoms with E-state index in [1.54, 1.807) is 7.11 Å². The third-order valence-electron chi connectivity index (χ3n) is 3.13. The minimum absolute atomic E-state index is 0.0795. The van der Waals surface area contributed by atoms with Gasteiger partial charge in [0.25, 0.3) is 0 Å². The van der Waals surface area contributed by atoms with Gasteiger partial charge in [0.2, 0.25) is 0 Å². The van der Waals surface area contributed by atoms with Crippen LogP contribution in [0, 0.1) is 13.8 Å². The molecule has 4 nitrogen and oxygen atoms in total. The molecule has 0 spiro atoms. The lowest BCUT2D eigenvalue weighted by atomic mass is 10.0. The normalized spacial score (nSPS) is 12.6. The second-order valence-electron chi connectivity index (χ2n) is 5.00. The van der Waals surface area contributed by atoms with Crippen LogP contribution in [0.25, 0.3) is 0 Å². The Hall–Kier alpha value is -0.940. The third-order valence-corrected chi connectivity index (χ3v) is 3.13. The molecule has 0 aliphatic heterocycles. The summed E-state index contributed by atoms with van der Waals surface area (Å²) < 4.78 is 15.9. The molecule has 1 rings (SSSR count). The van der Waals surface area contributed by atoms with Crippen molar-refractivity contribution in [1.82, 2.24) is 0 Å². The van der Waals surface area contributed by atoms with Crippen LogP contribution in [0.2, 0.25) is 0 Å². The van der Waals surface area contributed by atoms with Gasteiger partial charge in [-0.05, 0) is 31.4 Å². The lowest BCUT2D eigenvalue weighted by Gasteiger charge is -2.15. The molecule has 0 heterocycles. The van der Waals surface area contributed by atoms with Crippen LogP contribution < -0.4 is 5.73 Å². The van der Waals surface area contributed by atoms with E-state index in [2.05, 4.69) is 32.0 Å². The van der Waals surface area contributed by atoms with Gasteiger partial charge in [-0.25, -0.2) is 0 Å². The summed E-state index contributed by atoms with van der Waals surface area (Å²) in [6.45, 7) is 7.31. The Morgan fingerprint density at radius 3 is 2.50 bits per heavy atom. The highest BCUT2D eigenvalue weighted by molar-refractivity contribution is 5.32. The van der Waals surface area contributed by atoms with Crippen LogP contribution in [0.4, 0.5) is 0 Å². The molecular weight excluding hydrogens is 254 g/mol. The van der Waals surface area contributed by atoms with Gasteiger partial charge in [-0.15, -0.1) is 0 Å². The van der Waals surface area contributed by atoms with E-state index in [0.29, 0.717) is 26.4 Å². The standard InChI is InChI=1S/C16H27NO3/c1-13-5-6-15(14(2)11-13)16(17)12-20-10-9-19-8-4-7-18-3/h5-6,11,16H,4,7-10,12,17H2,1-3H3. The third kappa shape index (κ3) is 6.48. The second kappa shape index (κ2) is 9.88. The van der Waals surface area contributed by atoms with Crippen molar-refractivity contribution in [2.75, 3.05) is 40.1 Å². The van der Waals surface area contributed by atoms with Crippen molar-refractivity contribution in [2.45, 2.75) is 26.3 Å².